The van der Waals surface area contributed by atoms with Crippen LogP contribution < -0.4 is 4.74 Å². The summed E-state index contributed by atoms with van der Waals surface area (Å²) in [6.45, 7) is 7.49. The summed E-state index contributed by atoms with van der Waals surface area (Å²) in [4.78, 5) is 5.30. The van der Waals surface area contributed by atoms with Gasteiger partial charge < -0.3 is 4.74 Å². The molecule has 3 aromatic rings. The lowest BCUT2D eigenvalue weighted by Gasteiger charge is -2.32. The second-order valence-electron chi connectivity index (χ2n) is 6.15. The van der Waals surface area contributed by atoms with Crippen LogP contribution in [0.1, 0.15) is 28.3 Å². The molecule has 4 rings (SSSR count). The Morgan fingerprint density at radius 2 is 1.96 bits per heavy atom. The number of aryl methyl sites for hydroxylation is 1. The molecule has 126 valence electrons. The van der Waals surface area contributed by atoms with Crippen LogP contribution in [-0.4, -0.2) is 18.0 Å². The van der Waals surface area contributed by atoms with Crippen LogP contribution in [0.3, 0.4) is 0 Å². The summed E-state index contributed by atoms with van der Waals surface area (Å²) in [6, 6.07) is 17.1. The maximum absolute atomic E-state index is 6.51. The van der Waals surface area contributed by atoms with Crippen molar-refractivity contribution in [2.75, 3.05) is 13.1 Å². The molecule has 0 fully saturated rings. The quantitative estimate of drug-likeness (QED) is 0.604. The number of fused-ring (bicyclic) bond motifs is 2. The van der Waals surface area contributed by atoms with Crippen molar-refractivity contribution in [1.29, 1.82) is 0 Å². The maximum atomic E-state index is 6.51. The number of hydrogen-bond donors (Lipinski definition) is 0. The third-order valence-corrected chi connectivity index (χ3v) is 5.62. The van der Waals surface area contributed by atoms with Gasteiger partial charge in [0.05, 0.1) is 0 Å². The number of likely N-dealkylation sites (N-methyl/N-ethyl adjacent to an activating group) is 1. The third-order valence-electron chi connectivity index (χ3n) is 4.57. The first kappa shape index (κ1) is 17.3. The topological polar surface area (TPSA) is 12.5 Å². The fourth-order valence-electron chi connectivity index (χ4n) is 3.37. The molecule has 1 aliphatic rings. The standard InChI is InChI=1S/C20H21NOS.ClH/c1-3-21-12-19(17-11-14(2)23-20(17)13-21)22-18-10-6-8-15-7-4-5-9-16(15)18;/h4-11,19H,3,12-13H2,1-2H3;1H. The molecule has 0 aliphatic carbocycles. The van der Waals surface area contributed by atoms with Gasteiger partial charge in [-0.05, 0) is 31.0 Å². The molecule has 0 radical (unpaired) electrons. The van der Waals surface area contributed by atoms with Crippen LogP contribution in [0.4, 0.5) is 0 Å². The molecular weight excluding hydrogens is 338 g/mol. The monoisotopic (exact) mass is 359 g/mol. The van der Waals surface area contributed by atoms with Crippen LogP contribution in [-0.2, 0) is 6.54 Å². The van der Waals surface area contributed by atoms with Crippen molar-refractivity contribution in [1.82, 2.24) is 4.90 Å². The molecule has 0 bridgehead atoms. The van der Waals surface area contributed by atoms with Crippen molar-refractivity contribution in [3.63, 3.8) is 0 Å². The van der Waals surface area contributed by atoms with Gasteiger partial charge in [0.25, 0.3) is 0 Å². The first-order valence-electron chi connectivity index (χ1n) is 8.20. The summed E-state index contributed by atoms with van der Waals surface area (Å²) in [5.41, 5.74) is 1.38. The van der Waals surface area contributed by atoms with Crippen LogP contribution in [0, 0.1) is 6.92 Å². The van der Waals surface area contributed by atoms with Crippen LogP contribution >= 0.6 is 23.7 Å². The predicted octanol–water partition coefficient (Wildman–Crippen LogP) is 5.59. The van der Waals surface area contributed by atoms with E-state index in [9.17, 15) is 0 Å². The molecule has 0 saturated heterocycles. The molecule has 0 N–H and O–H groups in total. The molecule has 2 heterocycles. The number of rotatable bonds is 3. The van der Waals surface area contributed by atoms with Crippen molar-refractivity contribution in [3.05, 3.63) is 63.8 Å². The molecule has 1 unspecified atom stereocenters. The Balaban J connectivity index is 0.00000169. The Morgan fingerprint density at radius 1 is 1.17 bits per heavy atom. The Kier molecular flexibility index (Phi) is 5.14. The van der Waals surface area contributed by atoms with E-state index in [1.807, 2.05) is 11.3 Å². The zero-order valence-electron chi connectivity index (χ0n) is 14.0. The van der Waals surface area contributed by atoms with E-state index in [0.29, 0.717) is 0 Å². The number of thiophene rings is 1. The largest absolute Gasteiger partial charge is 0.484 e. The highest BCUT2D eigenvalue weighted by molar-refractivity contribution is 7.12. The van der Waals surface area contributed by atoms with E-state index in [0.717, 1.165) is 25.4 Å². The first-order valence-corrected chi connectivity index (χ1v) is 9.02. The lowest BCUT2D eigenvalue weighted by Crippen LogP contribution is -2.34. The average Bonchev–Trinajstić information content (AvgIpc) is 2.95. The fraction of sp³-hybridized carbons (Fsp3) is 0.300. The number of halogens is 1. The van der Waals surface area contributed by atoms with E-state index in [1.165, 1.54) is 26.1 Å². The minimum absolute atomic E-state index is 0. The van der Waals surface area contributed by atoms with Crippen LogP contribution in [0.2, 0.25) is 0 Å². The van der Waals surface area contributed by atoms with Crippen molar-refractivity contribution in [2.45, 2.75) is 26.5 Å². The van der Waals surface area contributed by atoms with Crippen molar-refractivity contribution in [2.24, 2.45) is 0 Å². The summed E-state index contributed by atoms with van der Waals surface area (Å²) in [6.07, 6.45) is 0.120. The molecular formula is C20H22ClNOS. The number of ether oxygens (including phenoxy) is 1. The van der Waals surface area contributed by atoms with Gasteiger partial charge in [0.2, 0.25) is 0 Å². The molecule has 4 heteroatoms. The minimum Gasteiger partial charge on any atom is -0.484 e. The highest BCUT2D eigenvalue weighted by atomic mass is 35.5. The molecule has 0 spiro atoms. The van der Waals surface area contributed by atoms with E-state index in [-0.39, 0.29) is 18.5 Å². The lowest BCUT2D eigenvalue weighted by molar-refractivity contribution is 0.118. The molecule has 24 heavy (non-hydrogen) atoms. The van der Waals surface area contributed by atoms with Gasteiger partial charge in [-0.1, -0.05) is 43.3 Å². The Hall–Kier alpha value is -1.55. The summed E-state index contributed by atoms with van der Waals surface area (Å²) in [7, 11) is 0. The number of benzene rings is 2. The normalized spacial score (nSPS) is 17.3. The van der Waals surface area contributed by atoms with Gasteiger partial charge in [-0.25, -0.2) is 0 Å². The highest BCUT2D eigenvalue weighted by Crippen LogP contribution is 2.37. The zero-order valence-corrected chi connectivity index (χ0v) is 15.6. The maximum Gasteiger partial charge on any atom is 0.138 e. The third kappa shape index (κ3) is 3.16. The Labute approximate surface area is 153 Å². The first-order chi connectivity index (χ1) is 11.2. The second-order valence-corrected chi connectivity index (χ2v) is 7.49. The van der Waals surface area contributed by atoms with Gasteiger partial charge >= 0.3 is 0 Å². The van der Waals surface area contributed by atoms with Crippen LogP contribution in [0.25, 0.3) is 10.8 Å². The Morgan fingerprint density at radius 3 is 2.79 bits per heavy atom. The molecule has 2 nitrogen and oxygen atoms in total. The van der Waals surface area contributed by atoms with Crippen molar-refractivity contribution >= 4 is 34.5 Å². The summed E-state index contributed by atoms with van der Waals surface area (Å²) < 4.78 is 6.51. The highest BCUT2D eigenvalue weighted by Gasteiger charge is 2.28. The smallest absolute Gasteiger partial charge is 0.138 e. The SMILES string of the molecule is CCN1Cc2sc(C)cc2C(Oc2cccc3ccccc23)C1.Cl. The van der Waals surface area contributed by atoms with E-state index in [4.69, 9.17) is 4.74 Å². The van der Waals surface area contributed by atoms with E-state index >= 15 is 0 Å². The molecule has 1 aromatic heterocycles. The van der Waals surface area contributed by atoms with E-state index in [1.54, 1.807) is 0 Å². The Bertz CT molecular complexity index is 839. The number of hydrogen-bond acceptors (Lipinski definition) is 3. The number of nitrogens with zero attached hydrogens (tertiary/aromatic N) is 1. The molecule has 1 atom stereocenters. The van der Waals surface area contributed by atoms with Gasteiger partial charge in [0, 0.05) is 33.8 Å². The summed E-state index contributed by atoms with van der Waals surface area (Å²) >= 11 is 1.91. The predicted molar refractivity (Wildman–Crippen MR) is 105 cm³/mol. The van der Waals surface area contributed by atoms with Gasteiger partial charge in [-0.15, -0.1) is 23.7 Å². The lowest BCUT2D eigenvalue weighted by atomic mass is 10.0. The van der Waals surface area contributed by atoms with Crippen LogP contribution in [0.15, 0.2) is 48.5 Å². The van der Waals surface area contributed by atoms with Gasteiger partial charge in [-0.2, -0.15) is 0 Å². The van der Waals surface area contributed by atoms with Crippen molar-refractivity contribution < 1.29 is 4.74 Å². The van der Waals surface area contributed by atoms with E-state index in [2.05, 4.69) is 67.3 Å². The van der Waals surface area contributed by atoms with Gasteiger partial charge in [0.15, 0.2) is 0 Å². The second kappa shape index (κ2) is 7.14. The summed E-state index contributed by atoms with van der Waals surface area (Å²) in [5, 5.41) is 2.42. The van der Waals surface area contributed by atoms with Crippen molar-refractivity contribution in [3.8, 4) is 5.75 Å². The zero-order chi connectivity index (χ0) is 15.8. The minimum atomic E-state index is 0. The van der Waals surface area contributed by atoms with Gasteiger partial charge in [0.1, 0.15) is 11.9 Å². The summed E-state index contributed by atoms with van der Waals surface area (Å²) in [5.74, 6) is 0.987. The molecule has 0 amide bonds. The van der Waals surface area contributed by atoms with Crippen LogP contribution in [0.5, 0.6) is 5.75 Å². The molecule has 0 saturated carbocycles. The molecule has 2 aromatic carbocycles. The van der Waals surface area contributed by atoms with Gasteiger partial charge in [-0.3, -0.25) is 4.90 Å². The molecule has 1 aliphatic heterocycles. The van der Waals surface area contributed by atoms with E-state index < -0.39 is 0 Å². The average molecular weight is 360 g/mol. The fourth-order valence-corrected chi connectivity index (χ4v) is 4.50.